The fourth-order valence-corrected chi connectivity index (χ4v) is 2.91. The molecule has 1 aromatic carbocycles. The summed E-state index contributed by atoms with van der Waals surface area (Å²) in [6.07, 6.45) is 1.14. The minimum absolute atomic E-state index is 0.843. The number of nitrogens with one attached hydrogen (secondary N) is 1. The Morgan fingerprint density at radius 1 is 1.28 bits per heavy atom. The zero-order valence-electron chi connectivity index (χ0n) is 10.8. The van der Waals surface area contributed by atoms with E-state index in [0.717, 1.165) is 24.5 Å². The summed E-state index contributed by atoms with van der Waals surface area (Å²) < 4.78 is 0. The number of rotatable bonds is 5. The van der Waals surface area contributed by atoms with Crippen molar-refractivity contribution in [3.8, 4) is 11.1 Å². The zero-order valence-corrected chi connectivity index (χ0v) is 12.4. The van der Waals surface area contributed by atoms with Crippen LogP contribution >= 0.6 is 22.9 Å². The van der Waals surface area contributed by atoms with E-state index in [4.69, 9.17) is 11.6 Å². The Hall–Kier alpha value is -0.830. The third kappa shape index (κ3) is 3.14. The van der Waals surface area contributed by atoms with E-state index in [1.54, 1.807) is 11.3 Å². The van der Waals surface area contributed by atoms with Gasteiger partial charge in [-0.05, 0) is 54.1 Å². The Labute approximate surface area is 118 Å². The monoisotopic (exact) mass is 279 g/mol. The van der Waals surface area contributed by atoms with Gasteiger partial charge in [0, 0.05) is 16.4 Å². The predicted octanol–water partition coefficient (Wildman–Crippen LogP) is 4.88. The van der Waals surface area contributed by atoms with Crippen molar-refractivity contribution in [2.24, 2.45) is 0 Å². The molecule has 0 bridgehead atoms. The third-order valence-corrected chi connectivity index (χ3v) is 4.16. The number of hydrogen-bond acceptors (Lipinski definition) is 2. The molecular formula is C15H18ClNS. The molecule has 3 heteroatoms. The van der Waals surface area contributed by atoms with Crippen molar-refractivity contribution in [3.63, 3.8) is 0 Å². The van der Waals surface area contributed by atoms with Crippen LogP contribution in [0.4, 0.5) is 0 Å². The van der Waals surface area contributed by atoms with Gasteiger partial charge in [-0.3, -0.25) is 0 Å². The van der Waals surface area contributed by atoms with E-state index in [1.807, 2.05) is 0 Å². The van der Waals surface area contributed by atoms with Gasteiger partial charge >= 0.3 is 0 Å². The highest BCUT2D eigenvalue weighted by molar-refractivity contribution is 7.10. The average molecular weight is 280 g/mol. The minimum Gasteiger partial charge on any atom is -0.313 e. The summed E-state index contributed by atoms with van der Waals surface area (Å²) in [6, 6.07) is 8.50. The van der Waals surface area contributed by atoms with Crippen LogP contribution in [0, 0.1) is 6.92 Å². The van der Waals surface area contributed by atoms with Crippen molar-refractivity contribution in [2.45, 2.75) is 26.8 Å². The Bertz CT molecular complexity index is 519. The first-order chi connectivity index (χ1) is 8.72. The van der Waals surface area contributed by atoms with Crippen molar-refractivity contribution in [1.82, 2.24) is 5.32 Å². The lowest BCUT2D eigenvalue weighted by Crippen LogP contribution is -2.13. The zero-order chi connectivity index (χ0) is 13.0. The summed E-state index contributed by atoms with van der Waals surface area (Å²) in [7, 11) is 0. The highest BCUT2D eigenvalue weighted by Gasteiger charge is 2.06. The lowest BCUT2D eigenvalue weighted by Gasteiger charge is -2.08. The summed E-state index contributed by atoms with van der Waals surface area (Å²) in [4.78, 5) is 1.34. The molecule has 1 N–H and O–H groups in total. The molecule has 1 nitrogen and oxygen atoms in total. The summed E-state index contributed by atoms with van der Waals surface area (Å²) in [5.74, 6) is 0. The normalized spacial score (nSPS) is 10.8. The van der Waals surface area contributed by atoms with Crippen molar-refractivity contribution < 1.29 is 0 Å². The summed E-state index contributed by atoms with van der Waals surface area (Å²) in [5.41, 5.74) is 3.66. The largest absolute Gasteiger partial charge is 0.313 e. The molecule has 0 spiro atoms. The van der Waals surface area contributed by atoms with Crippen LogP contribution in [0.2, 0.25) is 5.02 Å². The quantitative estimate of drug-likeness (QED) is 0.770. The molecule has 0 saturated heterocycles. The topological polar surface area (TPSA) is 12.0 Å². The molecule has 1 heterocycles. The molecule has 0 atom stereocenters. The van der Waals surface area contributed by atoms with Crippen LogP contribution in [0.1, 0.15) is 23.8 Å². The smallest absolute Gasteiger partial charge is 0.0457 e. The molecule has 0 fully saturated rings. The highest BCUT2D eigenvalue weighted by Crippen LogP contribution is 2.30. The maximum absolute atomic E-state index is 6.34. The van der Waals surface area contributed by atoms with Gasteiger partial charge in [0.25, 0.3) is 0 Å². The molecule has 96 valence electrons. The Morgan fingerprint density at radius 3 is 2.72 bits per heavy atom. The first-order valence-electron chi connectivity index (χ1n) is 6.26. The minimum atomic E-state index is 0.843. The van der Waals surface area contributed by atoms with E-state index in [0.29, 0.717) is 0 Å². The number of aryl methyl sites for hydroxylation is 1. The van der Waals surface area contributed by atoms with Gasteiger partial charge in [0.15, 0.2) is 0 Å². The van der Waals surface area contributed by atoms with Crippen molar-refractivity contribution in [3.05, 3.63) is 45.1 Å². The molecular weight excluding hydrogens is 262 g/mol. The molecule has 18 heavy (non-hydrogen) atoms. The lowest BCUT2D eigenvalue weighted by molar-refractivity contribution is 0.675. The van der Waals surface area contributed by atoms with Gasteiger partial charge in [-0.1, -0.05) is 30.7 Å². The standard InChI is InChI=1S/C15H18ClNS/c1-3-7-17-10-13-5-4-12(9-15(13)16)14-6-8-18-11(14)2/h4-6,8-9,17H,3,7,10H2,1-2H3. The molecule has 2 rings (SSSR count). The Morgan fingerprint density at radius 2 is 2.11 bits per heavy atom. The molecule has 1 aromatic heterocycles. The second-order valence-corrected chi connectivity index (χ2v) is 5.90. The Balaban J connectivity index is 2.17. The SMILES string of the molecule is CCCNCc1ccc(-c2ccsc2C)cc1Cl. The van der Waals surface area contributed by atoms with E-state index in [9.17, 15) is 0 Å². The molecule has 0 radical (unpaired) electrons. The lowest BCUT2D eigenvalue weighted by atomic mass is 10.0. The van der Waals surface area contributed by atoms with Gasteiger partial charge in [0.2, 0.25) is 0 Å². The van der Waals surface area contributed by atoms with Crippen molar-refractivity contribution in [2.75, 3.05) is 6.54 Å². The predicted molar refractivity (Wildman–Crippen MR) is 81.5 cm³/mol. The van der Waals surface area contributed by atoms with E-state index >= 15 is 0 Å². The molecule has 0 aliphatic heterocycles. The fourth-order valence-electron chi connectivity index (χ4n) is 1.94. The summed E-state index contributed by atoms with van der Waals surface area (Å²) in [6.45, 7) is 6.18. The molecule has 0 aliphatic carbocycles. The number of hydrogen-bond donors (Lipinski definition) is 1. The van der Waals surface area contributed by atoms with Crippen LogP contribution < -0.4 is 5.32 Å². The molecule has 0 unspecified atom stereocenters. The molecule has 0 saturated carbocycles. The van der Waals surface area contributed by atoms with Crippen molar-refractivity contribution in [1.29, 1.82) is 0 Å². The van der Waals surface area contributed by atoms with Gasteiger partial charge < -0.3 is 5.32 Å². The second kappa shape index (κ2) is 6.37. The first-order valence-corrected chi connectivity index (χ1v) is 7.51. The number of thiophene rings is 1. The van der Waals surface area contributed by atoms with E-state index in [2.05, 4.69) is 48.8 Å². The maximum Gasteiger partial charge on any atom is 0.0457 e. The van der Waals surface area contributed by atoms with Gasteiger partial charge in [-0.25, -0.2) is 0 Å². The van der Waals surface area contributed by atoms with Crippen molar-refractivity contribution >= 4 is 22.9 Å². The van der Waals surface area contributed by atoms with Gasteiger partial charge in [0.05, 0.1) is 0 Å². The van der Waals surface area contributed by atoms with Crippen LogP contribution in [0.25, 0.3) is 11.1 Å². The highest BCUT2D eigenvalue weighted by atomic mass is 35.5. The van der Waals surface area contributed by atoms with Crippen LogP contribution in [0.5, 0.6) is 0 Å². The fraction of sp³-hybridized carbons (Fsp3) is 0.333. The van der Waals surface area contributed by atoms with E-state index in [-0.39, 0.29) is 0 Å². The number of halogens is 1. The van der Waals surface area contributed by atoms with Crippen LogP contribution in [0.3, 0.4) is 0 Å². The third-order valence-electron chi connectivity index (χ3n) is 2.97. The summed E-state index contributed by atoms with van der Waals surface area (Å²) >= 11 is 8.11. The maximum atomic E-state index is 6.34. The van der Waals surface area contributed by atoms with Gasteiger partial charge in [0.1, 0.15) is 0 Å². The molecule has 2 aromatic rings. The van der Waals surface area contributed by atoms with Crippen LogP contribution in [-0.4, -0.2) is 6.54 Å². The van der Waals surface area contributed by atoms with Gasteiger partial charge in [-0.15, -0.1) is 11.3 Å². The molecule has 0 aliphatic rings. The van der Waals surface area contributed by atoms with E-state index < -0.39 is 0 Å². The van der Waals surface area contributed by atoms with Crippen LogP contribution in [-0.2, 0) is 6.54 Å². The average Bonchev–Trinajstić information content (AvgIpc) is 2.78. The van der Waals surface area contributed by atoms with Gasteiger partial charge in [-0.2, -0.15) is 0 Å². The van der Waals surface area contributed by atoms with E-state index in [1.165, 1.54) is 21.6 Å². The second-order valence-electron chi connectivity index (χ2n) is 4.37. The molecule has 0 amide bonds. The Kier molecular flexibility index (Phi) is 4.81. The summed E-state index contributed by atoms with van der Waals surface area (Å²) in [5, 5.41) is 6.34. The van der Waals surface area contributed by atoms with Crippen LogP contribution in [0.15, 0.2) is 29.6 Å². The number of benzene rings is 1. The first kappa shape index (κ1) is 13.6.